The van der Waals surface area contributed by atoms with E-state index in [2.05, 4.69) is 19.6 Å². The van der Waals surface area contributed by atoms with Gasteiger partial charge in [0.25, 0.3) is 0 Å². The second-order valence-electron chi connectivity index (χ2n) is 2.49. The van der Waals surface area contributed by atoms with Crippen LogP contribution in [0.15, 0.2) is 0 Å². The maximum Gasteiger partial charge on any atom is -0.00979 e. The predicted molar refractivity (Wildman–Crippen MR) is 52.3 cm³/mol. The fourth-order valence-corrected chi connectivity index (χ4v) is 1.12. The fourth-order valence-electron chi connectivity index (χ4n) is 0.892. The van der Waals surface area contributed by atoms with Gasteiger partial charge in [-0.1, -0.05) is 39.0 Å². The summed E-state index contributed by atoms with van der Waals surface area (Å²) in [6.07, 6.45) is 8.27. The smallest absolute Gasteiger partial charge is 0.00979 e. The van der Waals surface area contributed by atoms with Crippen LogP contribution in [0.3, 0.4) is 0 Å². The summed E-state index contributed by atoms with van der Waals surface area (Å²) in [5.74, 6) is 1.06. The molecule has 0 spiro atoms. The Bertz CT molecular complexity index is 42.5. The van der Waals surface area contributed by atoms with Gasteiger partial charge in [-0.2, -0.15) is 12.6 Å². The van der Waals surface area contributed by atoms with Crippen LogP contribution in [-0.2, 0) is 0 Å². The SMILES string of the molecule is CCCCCCCCS.N. The van der Waals surface area contributed by atoms with E-state index in [4.69, 9.17) is 0 Å². The van der Waals surface area contributed by atoms with Gasteiger partial charge in [0.05, 0.1) is 0 Å². The van der Waals surface area contributed by atoms with Crippen molar-refractivity contribution in [1.29, 1.82) is 0 Å². The van der Waals surface area contributed by atoms with E-state index in [9.17, 15) is 0 Å². The molecule has 3 N–H and O–H groups in total. The summed E-state index contributed by atoms with van der Waals surface area (Å²) in [6.45, 7) is 2.25. The average molecular weight is 163 g/mol. The monoisotopic (exact) mass is 163 g/mol. The van der Waals surface area contributed by atoms with Crippen LogP contribution >= 0.6 is 12.6 Å². The summed E-state index contributed by atoms with van der Waals surface area (Å²) < 4.78 is 0. The third kappa shape index (κ3) is 11.2. The second kappa shape index (κ2) is 12.0. The van der Waals surface area contributed by atoms with Crippen LogP contribution in [0.25, 0.3) is 0 Å². The van der Waals surface area contributed by atoms with Crippen LogP contribution in [0.5, 0.6) is 0 Å². The molecule has 0 heterocycles. The van der Waals surface area contributed by atoms with Crippen LogP contribution in [-0.4, -0.2) is 5.75 Å². The number of hydrogen-bond acceptors (Lipinski definition) is 2. The molecule has 0 aromatic heterocycles. The summed E-state index contributed by atoms with van der Waals surface area (Å²) in [7, 11) is 0. The van der Waals surface area contributed by atoms with Gasteiger partial charge in [-0.15, -0.1) is 0 Å². The standard InChI is InChI=1S/C8H18S.H3N/c1-2-3-4-5-6-7-8-9;/h9H,2-8H2,1H3;1H3. The summed E-state index contributed by atoms with van der Waals surface area (Å²) in [6, 6.07) is 0. The zero-order chi connectivity index (χ0) is 6.95. The Labute approximate surface area is 70.6 Å². The first-order valence-electron chi connectivity index (χ1n) is 4.02. The average Bonchev–Trinajstić information content (AvgIpc) is 1.89. The Morgan fingerprint density at radius 2 is 1.40 bits per heavy atom. The molecular formula is C8H21NS. The van der Waals surface area contributed by atoms with Gasteiger partial charge in [-0.25, -0.2) is 0 Å². The first kappa shape index (κ1) is 12.9. The second-order valence-corrected chi connectivity index (χ2v) is 2.94. The highest BCUT2D eigenvalue weighted by Gasteiger charge is 1.86. The van der Waals surface area contributed by atoms with E-state index in [-0.39, 0.29) is 6.15 Å². The highest BCUT2D eigenvalue weighted by atomic mass is 32.1. The van der Waals surface area contributed by atoms with Gasteiger partial charge in [0.15, 0.2) is 0 Å². The largest absolute Gasteiger partial charge is 0.344 e. The van der Waals surface area contributed by atoms with Gasteiger partial charge in [-0.3, -0.25) is 0 Å². The summed E-state index contributed by atoms with van der Waals surface area (Å²) >= 11 is 4.15. The minimum absolute atomic E-state index is 0. The van der Waals surface area contributed by atoms with Gasteiger partial charge in [-0.05, 0) is 12.2 Å². The molecule has 2 heteroatoms. The van der Waals surface area contributed by atoms with Gasteiger partial charge in [0.2, 0.25) is 0 Å². The third-order valence-corrected chi connectivity index (χ3v) is 1.83. The van der Waals surface area contributed by atoms with E-state index in [1.54, 1.807) is 0 Å². The quantitative estimate of drug-likeness (QED) is 0.456. The Morgan fingerprint density at radius 1 is 0.900 bits per heavy atom. The Hall–Kier alpha value is 0.310. The minimum atomic E-state index is 0. The van der Waals surface area contributed by atoms with Crippen molar-refractivity contribution in [3.63, 3.8) is 0 Å². The van der Waals surface area contributed by atoms with Crippen molar-refractivity contribution in [2.75, 3.05) is 5.75 Å². The van der Waals surface area contributed by atoms with Crippen LogP contribution < -0.4 is 6.15 Å². The molecule has 0 radical (unpaired) electrons. The van der Waals surface area contributed by atoms with Gasteiger partial charge in [0, 0.05) is 0 Å². The van der Waals surface area contributed by atoms with Gasteiger partial charge >= 0.3 is 0 Å². The van der Waals surface area contributed by atoms with Crippen LogP contribution in [0.4, 0.5) is 0 Å². The number of rotatable bonds is 6. The van der Waals surface area contributed by atoms with Gasteiger partial charge < -0.3 is 6.15 Å². The molecule has 0 rings (SSSR count). The fraction of sp³-hybridized carbons (Fsp3) is 1.00. The molecule has 64 valence electrons. The molecule has 0 aromatic rings. The maximum absolute atomic E-state index is 4.15. The number of unbranched alkanes of at least 4 members (excludes halogenated alkanes) is 5. The zero-order valence-corrected chi connectivity index (χ0v) is 8.00. The molecule has 0 saturated heterocycles. The lowest BCUT2D eigenvalue weighted by atomic mass is 10.1. The van der Waals surface area contributed by atoms with E-state index >= 15 is 0 Å². The van der Waals surface area contributed by atoms with E-state index in [0.29, 0.717) is 0 Å². The molecule has 10 heavy (non-hydrogen) atoms. The molecule has 0 unspecified atom stereocenters. The van der Waals surface area contributed by atoms with E-state index in [0.717, 1.165) is 5.75 Å². The molecule has 0 fully saturated rings. The number of thiol groups is 1. The van der Waals surface area contributed by atoms with Crippen LogP contribution in [0, 0.1) is 0 Å². The van der Waals surface area contributed by atoms with E-state index in [1.165, 1.54) is 38.5 Å². The molecule has 1 nitrogen and oxygen atoms in total. The zero-order valence-electron chi connectivity index (χ0n) is 7.10. The first-order chi connectivity index (χ1) is 4.41. The summed E-state index contributed by atoms with van der Waals surface area (Å²) in [5, 5.41) is 0. The van der Waals surface area contributed by atoms with Crippen LogP contribution in [0.1, 0.15) is 45.4 Å². The molecule has 0 aliphatic carbocycles. The molecule has 0 amide bonds. The Kier molecular flexibility index (Phi) is 15.6. The third-order valence-electron chi connectivity index (χ3n) is 1.51. The summed E-state index contributed by atoms with van der Waals surface area (Å²) in [5.41, 5.74) is 0. The predicted octanol–water partition coefficient (Wildman–Crippen LogP) is 3.44. The topological polar surface area (TPSA) is 35.0 Å². The molecule has 0 bridgehead atoms. The normalized spacial score (nSPS) is 9.00. The first-order valence-corrected chi connectivity index (χ1v) is 4.66. The summed E-state index contributed by atoms with van der Waals surface area (Å²) in [4.78, 5) is 0. The number of hydrogen-bond donors (Lipinski definition) is 2. The van der Waals surface area contributed by atoms with Crippen molar-refractivity contribution in [2.45, 2.75) is 45.4 Å². The Balaban J connectivity index is 0. The van der Waals surface area contributed by atoms with Crippen LogP contribution in [0.2, 0.25) is 0 Å². The van der Waals surface area contributed by atoms with Crippen molar-refractivity contribution in [1.82, 2.24) is 6.15 Å². The molecule has 0 aliphatic heterocycles. The molecular weight excluding hydrogens is 142 g/mol. The lowest BCUT2D eigenvalue weighted by Gasteiger charge is -1.95. The lowest BCUT2D eigenvalue weighted by molar-refractivity contribution is 0.627. The molecule has 0 aromatic carbocycles. The lowest BCUT2D eigenvalue weighted by Crippen LogP contribution is -1.78. The Morgan fingerprint density at radius 3 is 1.90 bits per heavy atom. The van der Waals surface area contributed by atoms with E-state index < -0.39 is 0 Å². The molecule has 0 aliphatic rings. The molecule has 0 atom stereocenters. The van der Waals surface area contributed by atoms with E-state index in [1.807, 2.05) is 0 Å². The van der Waals surface area contributed by atoms with Crippen molar-refractivity contribution in [2.24, 2.45) is 0 Å². The highest BCUT2D eigenvalue weighted by molar-refractivity contribution is 7.80. The highest BCUT2D eigenvalue weighted by Crippen LogP contribution is 2.04. The van der Waals surface area contributed by atoms with Crippen molar-refractivity contribution in [3.05, 3.63) is 0 Å². The van der Waals surface area contributed by atoms with Crippen molar-refractivity contribution < 1.29 is 0 Å². The van der Waals surface area contributed by atoms with Crippen molar-refractivity contribution >= 4 is 12.6 Å². The molecule has 0 saturated carbocycles. The van der Waals surface area contributed by atoms with Crippen molar-refractivity contribution in [3.8, 4) is 0 Å². The van der Waals surface area contributed by atoms with Gasteiger partial charge in [0.1, 0.15) is 0 Å². The minimum Gasteiger partial charge on any atom is -0.344 e. The maximum atomic E-state index is 4.15.